The third-order valence-electron chi connectivity index (χ3n) is 4.75. The van der Waals surface area contributed by atoms with Crippen LogP contribution < -0.4 is 0 Å². The Morgan fingerprint density at radius 3 is 3.09 bits per heavy atom. The molecule has 0 saturated carbocycles. The number of aromatic nitrogens is 5. The number of nitrogens with zero attached hydrogens (tertiary/aromatic N) is 5. The van der Waals surface area contributed by atoms with E-state index in [0.717, 1.165) is 48.7 Å². The fraction of sp³-hybridized carbons (Fsp3) is 0.471. The van der Waals surface area contributed by atoms with Crippen molar-refractivity contribution in [2.24, 2.45) is 0 Å². The fourth-order valence-corrected chi connectivity index (χ4v) is 3.53. The fourth-order valence-electron chi connectivity index (χ4n) is 3.53. The summed E-state index contributed by atoms with van der Waals surface area (Å²) in [5.41, 5.74) is 3.44. The van der Waals surface area contributed by atoms with Crippen LogP contribution in [0, 0.1) is 6.92 Å². The molecular formula is C17H22N6. The molecular weight excluding hydrogens is 288 g/mol. The van der Waals surface area contributed by atoms with E-state index in [2.05, 4.69) is 52.0 Å². The van der Waals surface area contributed by atoms with E-state index in [1.165, 1.54) is 12.0 Å². The van der Waals surface area contributed by atoms with E-state index in [-0.39, 0.29) is 0 Å². The molecule has 120 valence electrons. The van der Waals surface area contributed by atoms with Gasteiger partial charge in [-0.1, -0.05) is 12.1 Å². The Kier molecular flexibility index (Phi) is 3.61. The maximum atomic E-state index is 4.88. The van der Waals surface area contributed by atoms with Crippen LogP contribution in [0.2, 0.25) is 0 Å². The molecule has 0 spiro atoms. The Bertz CT molecular complexity index is 817. The molecule has 6 nitrogen and oxygen atoms in total. The van der Waals surface area contributed by atoms with E-state index in [1.54, 1.807) is 6.33 Å². The first-order valence-electron chi connectivity index (χ1n) is 8.32. The number of fused-ring (bicyclic) bond motifs is 1. The van der Waals surface area contributed by atoms with Crippen molar-refractivity contribution in [2.75, 3.05) is 6.54 Å². The minimum Gasteiger partial charge on any atom is -0.341 e. The normalized spacial score (nSPS) is 19.0. The van der Waals surface area contributed by atoms with E-state index < -0.39 is 0 Å². The zero-order valence-electron chi connectivity index (χ0n) is 13.7. The standard InChI is InChI=1S/C17H22N6/c1-3-23-15(18-11-19-23)10-22-9-5-8-14(22)17-20-13-7-4-6-12(2)16(13)21-17/h4,6-7,11,14H,3,5,8-10H2,1-2H3,(H,20,21). The molecule has 1 aliphatic heterocycles. The summed E-state index contributed by atoms with van der Waals surface area (Å²) in [5.74, 6) is 2.11. The molecule has 0 bridgehead atoms. The molecule has 4 rings (SSSR count). The number of aryl methyl sites for hydroxylation is 2. The molecule has 1 N–H and O–H groups in total. The Morgan fingerprint density at radius 2 is 2.26 bits per heavy atom. The Labute approximate surface area is 135 Å². The van der Waals surface area contributed by atoms with Crippen molar-refractivity contribution in [3.63, 3.8) is 0 Å². The number of para-hydroxylation sites is 1. The molecule has 1 atom stereocenters. The molecule has 1 saturated heterocycles. The predicted octanol–water partition coefficient (Wildman–Crippen LogP) is 2.82. The van der Waals surface area contributed by atoms with Crippen LogP contribution in [0.5, 0.6) is 0 Å². The van der Waals surface area contributed by atoms with Gasteiger partial charge in [-0.05, 0) is 44.9 Å². The van der Waals surface area contributed by atoms with Crippen LogP contribution in [0.3, 0.4) is 0 Å². The first-order chi connectivity index (χ1) is 11.3. The van der Waals surface area contributed by atoms with Gasteiger partial charge >= 0.3 is 0 Å². The highest BCUT2D eigenvalue weighted by Crippen LogP contribution is 2.32. The SMILES string of the molecule is CCn1ncnc1CN1CCCC1c1nc2c(C)cccc2[nH]1. The molecule has 1 fully saturated rings. The van der Waals surface area contributed by atoms with Crippen LogP contribution in [0.25, 0.3) is 11.0 Å². The van der Waals surface area contributed by atoms with E-state index in [1.807, 2.05) is 4.68 Å². The second-order valence-corrected chi connectivity index (χ2v) is 6.21. The number of imidazole rings is 1. The lowest BCUT2D eigenvalue weighted by Crippen LogP contribution is -2.25. The summed E-state index contributed by atoms with van der Waals surface area (Å²) < 4.78 is 1.97. The smallest absolute Gasteiger partial charge is 0.141 e. The number of H-pyrrole nitrogens is 1. The van der Waals surface area contributed by atoms with Crippen LogP contribution in [-0.4, -0.2) is 36.2 Å². The molecule has 0 amide bonds. The van der Waals surface area contributed by atoms with Gasteiger partial charge in [0.1, 0.15) is 18.0 Å². The number of nitrogens with one attached hydrogen (secondary N) is 1. The van der Waals surface area contributed by atoms with Crippen molar-refractivity contribution in [2.45, 2.75) is 45.8 Å². The van der Waals surface area contributed by atoms with Crippen LogP contribution in [0.4, 0.5) is 0 Å². The van der Waals surface area contributed by atoms with Crippen LogP contribution in [0.15, 0.2) is 24.5 Å². The molecule has 2 aromatic heterocycles. The number of hydrogen-bond donors (Lipinski definition) is 1. The van der Waals surface area contributed by atoms with E-state index in [4.69, 9.17) is 4.98 Å². The number of rotatable bonds is 4. The number of likely N-dealkylation sites (tertiary alicyclic amines) is 1. The number of benzene rings is 1. The average molecular weight is 310 g/mol. The van der Waals surface area contributed by atoms with Gasteiger partial charge in [-0.25, -0.2) is 14.6 Å². The van der Waals surface area contributed by atoms with Crippen molar-refractivity contribution in [1.82, 2.24) is 29.6 Å². The quantitative estimate of drug-likeness (QED) is 0.805. The molecule has 6 heteroatoms. The van der Waals surface area contributed by atoms with Gasteiger partial charge in [0.2, 0.25) is 0 Å². The Hall–Kier alpha value is -2.21. The van der Waals surface area contributed by atoms with Gasteiger partial charge < -0.3 is 4.98 Å². The first-order valence-corrected chi connectivity index (χ1v) is 8.32. The van der Waals surface area contributed by atoms with Gasteiger partial charge in [0.25, 0.3) is 0 Å². The largest absolute Gasteiger partial charge is 0.341 e. The van der Waals surface area contributed by atoms with Gasteiger partial charge in [0, 0.05) is 6.54 Å². The van der Waals surface area contributed by atoms with Crippen molar-refractivity contribution >= 4 is 11.0 Å². The third-order valence-corrected chi connectivity index (χ3v) is 4.75. The second-order valence-electron chi connectivity index (χ2n) is 6.21. The van der Waals surface area contributed by atoms with Crippen molar-refractivity contribution < 1.29 is 0 Å². The summed E-state index contributed by atoms with van der Waals surface area (Å²) in [7, 11) is 0. The van der Waals surface area contributed by atoms with E-state index in [0.29, 0.717) is 6.04 Å². The summed E-state index contributed by atoms with van der Waals surface area (Å²) in [6.07, 6.45) is 3.98. The summed E-state index contributed by atoms with van der Waals surface area (Å²) in [5, 5.41) is 4.28. The van der Waals surface area contributed by atoms with Crippen LogP contribution >= 0.6 is 0 Å². The van der Waals surface area contributed by atoms with Crippen molar-refractivity contribution in [3.05, 3.63) is 41.7 Å². The van der Waals surface area contributed by atoms with Gasteiger partial charge in [-0.3, -0.25) is 4.90 Å². The van der Waals surface area contributed by atoms with Crippen LogP contribution in [-0.2, 0) is 13.1 Å². The average Bonchev–Trinajstić information content (AvgIpc) is 3.26. The lowest BCUT2D eigenvalue weighted by molar-refractivity contribution is 0.231. The zero-order chi connectivity index (χ0) is 15.8. The summed E-state index contributed by atoms with van der Waals surface area (Å²) in [6.45, 7) is 6.98. The van der Waals surface area contributed by atoms with Gasteiger partial charge in [-0.15, -0.1) is 0 Å². The minimum atomic E-state index is 0.337. The summed E-state index contributed by atoms with van der Waals surface area (Å²) in [6, 6.07) is 6.63. The van der Waals surface area contributed by atoms with E-state index >= 15 is 0 Å². The third kappa shape index (κ3) is 2.53. The molecule has 0 radical (unpaired) electrons. The monoisotopic (exact) mass is 310 g/mol. The van der Waals surface area contributed by atoms with Crippen LogP contribution in [0.1, 0.15) is 43.0 Å². The highest BCUT2D eigenvalue weighted by atomic mass is 15.4. The predicted molar refractivity (Wildman–Crippen MR) is 88.9 cm³/mol. The van der Waals surface area contributed by atoms with Gasteiger partial charge in [0.15, 0.2) is 0 Å². The van der Waals surface area contributed by atoms with E-state index in [9.17, 15) is 0 Å². The highest BCUT2D eigenvalue weighted by molar-refractivity contribution is 5.78. The van der Waals surface area contributed by atoms with Gasteiger partial charge in [0.05, 0.1) is 23.6 Å². The number of hydrogen-bond acceptors (Lipinski definition) is 4. The summed E-state index contributed by atoms with van der Waals surface area (Å²) >= 11 is 0. The summed E-state index contributed by atoms with van der Waals surface area (Å²) in [4.78, 5) is 15.3. The maximum absolute atomic E-state index is 4.88. The van der Waals surface area contributed by atoms with Crippen molar-refractivity contribution in [1.29, 1.82) is 0 Å². The second kappa shape index (κ2) is 5.77. The zero-order valence-corrected chi connectivity index (χ0v) is 13.7. The van der Waals surface area contributed by atoms with Gasteiger partial charge in [-0.2, -0.15) is 5.10 Å². The first kappa shape index (κ1) is 14.4. The molecule has 0 aliphatic carbocycles. The number of aromatic amines is 1. The molecule has 1 aromatic carbocycles. The molecule has 3 aromatic rings. The maximum Gasteiger partial charge on any atom is 0.141 e. The lowest BCUT2D eigenvalue weighted by atomic mass is 10.2. The highest BCUT2D eigenvalue weighted by Gasteiger charge is 2.29. The molecule has 3 heterocycles. The Balaban J connectivity index is 1.62. The lowest BCUT2D eigenvalue weighted by Gasteiger charge is -2.22. The molecule has 23 heavy (non-hydrogen) atoms. The Morgan fingerprint density at radius 1 is 1.35 bits per heavy atom. The minimum absolute atomic E-state index is 0.337. The molecule has 1 unspecified atom stereocenters. The van der Waals surface area contributed by atoms with Crippen molar-refractivity contribution in [3.8, 4) is 0 Å². The molecule has 1 aliphatic rings. The topological polar surface area (TPSA) is 62.6 Å².